The minimum atomic E-state index is -1.36. The number of halogens is 6. The largest absolute Gasteiger partial charge is 0.461 e. The Labute approximate surface area is 652 Å². The number of carbonyl (C=O) groups is 1. The maximum absolute atomic E-state index is 12.9. The molecule has 0 aliphatic carbocycles. The van der Waals surface area contributed by atoms with Crippen LogP contribution in [0.5, 0.6) is 0 Å². The number of nitrogens with zero attached hydrogens (tertiary/aromatic N) is 15. The summed E-state index contributed by atoms with van der Waals surface area (Å²) in [5, 5.41) is 47.8. The lowest BCUT2D eigenvalue weighted by atomic mass is 9.85. The van der Waals surface area contributed by atoms with E-state index < -0.39 is 34.8 Å². The van der Waals surface area contributed by atoms with Gasteiger partial charge in [-0.2, -0.15) is 30.4 Å². The number of oxazole rings is 1. The fourth-order valence-corrected chi connectivity index (χ4v) is 10.7. The van der Waals surface area contributed by atoms with E-state index in [9.17, 15) is 27.2 Å². The van der Waals surface area contributed by atoms with E-state index in [0.717, 1.165) is 62.2 Å². The molecule has 2 unspecified atom stereocenters. The van der Waals surface area contributed by atoms with Crippen LogP contribution < -0.4 is 5.56 Å². The zero-order valence-corrected chi connectivity index (χ0v) is 70.2. The van der Waals surface area contributed by atoms with Gasteiger partial charge in [0.25, 0.3) is 5.56 Å². The Hall–Kier alpha value is -8.99. The van der Waals surface area contributed by atoms with E-state index >= 15 is 0 Å². The van der Waals surface area contributed by atoms with Gasteiger partial charge < -0.3 is 23.0 Å². The number of ether oxygens (including phenoxy) is 1. The lowest BCUT2D eigenvalue weighted by Gasteiger charge is -2.36. The van der Waals surface area contributed by atoms with Crippen molar-refractivity contribution >= 4 is 62.3 Å². The van der Waals surface area contributed by atoms with Crippen molar-refractivity contribution in [2.75, 3.05) is 13.1 Å². The number of aryl methyl sites for hydroxylation is 1. The van der Waals surface area contributed by atoms with Crippen molar-refractivity contribution in [3.8, 4) is 24.4 Å². The van der Waals surface area contributed by atoms with Crippen LogP contribution >= 0.6 is 46.3 Å². The molecule has 21 nitrogen and oxygen atoms in total. The van der Waals surface area contributed by atoms with Gasteiger partial charge in [-0.05, 0) is 109 Å². The zero-order valence-electron chi connectivity index (χ0n) is 67.0. The van der Waals surface area contributed by atoms with Crippen LogP contribution in [0.2, 0.25) is 10.2 Å². The highest BCUT2D eigenvalue weighted by Crippen LogP contribution is 2.32. The number of nitriles is 4. The molecule has 2 aromatic carbocycles. The molecule has 0 spiro atoms. The number of rotatable bonds is 5. The summed E-state index contributed by atoms with van der Waals surface area (Å²) in [5.41, 5.74) is 1.77. The maximum atomic E-state index is 12.9. The number of hydrogen-bond donors (Lipinski definition) is 0. The summed E-state index contributed by atoms with van der Waals surface area (Å²) < 4.78 is 77.7. The van der Waals surface area contributed by atoms with Crippen LogP contribution in [-0.4, -0.2) is 78.7 Å². The molecule has 0 N–H and O–H groups in total. The van der Waals surface area contributed by atoms with Crippen molar-refractivity contribution in [2.45, 2.75) is 244 Å². The lowest BCUT2D eigenvalue weighted by molar-refractivity contribution is -0.180. The summed E-state index contributed by atoms with van der Waals surface area (Å²) in [6, 6.07) is 19.2. The maximum Gasteiger partial charge on any atom is 0.329 e. The summed E-state index contributed by atoms with van der Waals surface area (Å²) in [5.74, 6) is -0.580. The first-order valence-corrected chi connectivity index (χ1v) is 37.4. The first-order valence-electron chi connectivity index (χ1n) is 35.1. The summed E-state index contributed by atoms with van der Waals surface area (Å²) >= 11 is 14.5. The third kappa shape index (κ3) is 32.4. The van der Waals surface area contributed by atoms with Gasteiger partial charge in [-0.25, -0.2) is 32.5 Å². The SMILES string of the molecule is CC(C)(C)C1CC(=O)O1.CC(C)(C)c1cnc(C#N)o1.CC(C)(C)c1nnc(C#N)o1.CC(C)(C)c1noc(C#N)n1.CC(C)C1CCN(C#N)C1.CC(C)c1c(F)c(F)cc(F)c1F.CC(C)c1ccc(Cl)nc1.CC(C)c1cnccc1Cl.CC(C)n1sc2ccccc2c1=O.Cc1nc(C(C)(C)C)ns1. The van der Waals surface area contributed by atoms with Gasteiger partial charge in [-0.3, -0.25) is 18.5 Å². The second kappa shape index (κ2) is 43.3. The van der Waals surface area contributed by atoms with Gasteiger partial charge in [-0.1, -0.05) is 222 Å². The molecule has 0 bridgehead atoms. The molecule has 2 atom stereocenters. The van der Waals surface area contributed by atoms with Crippen molar-refractivity contribution in [3.63, 3.8) is 0 Å². The molecule has 0 amide bonds. The van der Waals surface area contributed by atoms with E-state index in [0.29, 0.717) is 35.1 Å². The van der Waals surface area contributed by atoms with Crippen LogP contribution in [0, 0.1) is 92.9 Å². The number of cyclic esters (lactones) is 1. The van der Waals surface area contributed by atoms with Crippen LogP contribution in [0.25, 0.3) is 10.1 Å². The Morgan fingerprint density at radius 3 is 1.56 bits per heavy atom. The first-order chi connectivity index (χ1) is 49.9. The third-order valence-corrected chi connectivity index (χ3v) is 17.9. The lowest BCUT2D eigenvalue weighted by Crippen LogP contribution is -2.42. The number of hydrogen-bond acceptors (Lipinski definition) is 22. The van der Waals surface area contributed by atoms with Gasteiger partial charge in [0.2, 0.25) is 5.89 Å². The molecule has 108 heavy (non-hydrogen) atoms. The molecule has 586 valence electrons. The normalized spacial score (nSPS) is 13.7. The quantitative estimate of drug-likeness (QED) is 0.0508. The van der Waals surface area contributed by atoms with Crippen LogP contribution in [0.4, 0.5) is 17.6 Å². The van der Waals surface area contributed by atoms with Gasteiger partial charge in [0.15, 0.2) is 53.5 Å². The Kier molecular flexibility index (Phi) is 38.1. The second-order valence-corrected chi connectivity index (χ2v) is 34.5. The Bertz CT molecular complexity index is 4300. The van der Waals surface area contributed by atoms with Crippen molar-refractivity contribution in [3.05, 3.63) is 180 Å². The molecule has 2 saturated heterocycles. The monoisotopic (exact) mass is 1570 g/mol. The van der Waals surface area contributed by atoms with Gasteiger partial charge in [0.1, 0.15) is 27.8 Å². The number of likely N-dealkylation sites (tertiary alicyclic amines) is 1. The van der Waals surface area contributed by atoms with Gasteiger partial charge in [0, 0.05) is 76.0 Å². The summed E-state index contributed by atoms with van der Waals surface area (Å²) in [6.07, 6.45) is 11.1. The number of aromatic nitrogens is 10. The second-order valence-electron chi connectivity index (χ2n) is 31.7. The third-order valence-electron chi connectivity index (χ3n) is 15.3. The highest BCUT2D eigenvalue weighted by molar-refractivity contribution is 7.13. The van der Waals surface area contributed by atoms with Crippen molar-refractivity contribution < 1.29 is 40.5 Å². The molecule has 0 saturated carbocycles. The van der Waals surface area contributed by atoms with E-state index in [1.807, 2.05) is 153 Å². The van der Waals surface area contributed by atoms with Crippen LogP contribution in [0.3, 0.4) is 0 Å². The van der Waals surface area contributed by atoms with Crippen LogP contribution in [0.1, 0.15) is 272 Å². The molecule has 9 aromatic rings. The molecular weight excluding hydrogens is 1470 g/mol. The predicted molar refractivity (Wildman–Crippen MR) is 416 cm³/mol. The Morgan fingerprint density at radius 2 is 1.23 bits per heavy atom. The van der Waals surface area contributed by atoms with E-state index in [1.165, 1.54) is 48.9 Å². The van der Waals surface area contributed by atoms with E-state index in [2.05, 4.69) is 138 Å². The predicted octanol–water partition coefficient (Wildman–Crippen LogP) is 21.0. The molecule has 9 heterocycles. The van der Waals surface area contributed by atoms with Crippen molar-refractivity contribution in [1.29, 1.82) is 21.0 Å². The summed E-state index contributed by atoms with van der Waals surface area (Å²) in [6.45, 7) is 54.1. The van der Waals surface area contributed by atoms with Crippen LogP contribution in [-0.2, 0) is 31.2 Å². The molecule has 0 radical (unpaired) electrons. The molecule has 2 fully saturated rings. The first kappa shape index (κ1) is 95.1. The molecule has 11 rings (SSSR count). The molecule has 29 heteroatoms. The highest BCUT2D eigenvalue weighted by Gasteiger charge is 2.38. The van der Waals surface area contributed by atoms with E-state index in [4.69, 9.17) is 57.8 Å². The Balaban J connectivity index is 0.000000408. The Morgan fingerprint density at radius 1 is 0.648 bits per heavy atom. The number of esters is 1. The van der Waals surface area contributed by atoms with Gasteiger partial charge >= 0.3 is 23.6 Å². The minimum absolute atomic E-state index is 0.0231. The standard InChI is InChI=1S/C10H11NOS.C9H8F4.2C8H10ClN.C8H10N2O.C8H14N2.2C7H9N3O.C7H12N2S.C7H12O2/c1-7(2)11-10(12)8-5-3-4-6-9(8)13-11;1-4(2)7-8(12)5(10)3-6(11)9(7)13;1-6(2)7-5-10-4-3-8(7)9;1-6(2)7-3-4-8(9)10-5-7;1-8(2,3)6-5-10-7(4-9)11-6;1-7(2)8-3-4-10(5-8)6-9;1-7(2,3)6-10-9-5(4-8)11-6;1-7(2,3)6-9-5(4-8)11-10-6;1-5-8-6(9-10-5)7(2,3)4;1-7(2,3)5-4-6(8)9-5/h3-7H,1-2H3;3-4H,1-2H3;2*3-6H,1-2H3;5H,1-3H3;7-8H,3-5H2,1-2H3;2*1-3H3;1-4H3;5H,4H2,1-3H3. The minimum Gasteiger partial charge on any atom is -0.461 e. The molecule has 7 aromatic heterocycles. The number of pyridine rings is 2. The number of fused-ring (bicyclic) bond motifs is 1. The number of benzene rings is 2. The summed E-state index contributed by atoms with van der Waals surface area (Å²) in [4.78, 5) is 43.8. The van der Waals surface area contributed by atoms with E-state index in [-0.39, 0.29) is 74.5 Å². The van der Waals surface area contributed by atoms with E-state index in [1.54, 1.807) is 24.5 Å². The van der Waals surface area contributed by atoms with Crippen LogP contribution in [0.15, 0.2) is 91.5 Å². The fraction of sp³-hybridized carbons (Fsp3) is 0.532. The molecule has 2 aliphatic heterocycles. The van der Waals surface area contributed by atoms with Gasteiger partial charge in [-0.15, -0.1) is 5.10 Å². The molecule has 2 aliphatic rings. The number of carbonyl (C=O) groups excluding carboxylic acids is 1. The zero-order chi connectivity index (χ0) is 82.6. The summed E-state index contributed by atoms with van der Waals surface area (Å²) in [7, 11) is 0. The average Bonchev–Trinajstić information content (AvgIpc) is 1.34. The molecular formula is C79H105Cl2F4N15O6S2. The van der Waals surface area contributed by atoms with Gasteiger partial charge in [0.05, 0.1) is 22.7 Å². The van der Waals surface area contributed by atoms with Crippen molar-refractivity contribution in [2.24, 2.45) is 17.3 Å². The van der Waals surface area contributed by atoms with Crippen molar-refractivity contribution in [1.82, 2.24) is 53.5 Å². The highest BCUT2D eigenvalue weighted by atomic mass is 35.5. The fourth-order valence-electron chi connectivity index (χ4n) is 8.60. The average molecular weight is 1570 g/mol. The smallest absolute Gasteiger partial charge is 0.329 e. The topological polar surface area (TPSA) is 302 Å².